The molecule has 0 aliphatic rings. The third-order valence-electron chi connectivity index (χ3n) is 1.88. The Balaban J connectivity index is 2.99. The van der Waals surface area contributed by atoms with Gasteiger partial charge in [0.15, 0.2) is 0 Å². The minimum Gasteiger partial charge on any atom is -0.298 e. The Morgan fingerprint density at radius 2 is 2.13 bits per heavy atom. The number of carbonyl (C=O) groups excluding carboxylic acids is 1. The monoisotopic (exact) mass is 296 g/mol. The lowest BCUT2D eigenvalue weighted by Gasteiger charge is -2.07. The van der Waals surface area contributed by atoms with Crippen LogP contribution in [0.3, 0.4) is 0 Å². The van der Waals surface area contributed by atoms with E-state index in [1.54, 1.807) is 6.07 Å². The van der Waals surface area contributed by atoms with Crippen molar-refractivity contribution in [2.75, 3.05) is 5.33 Å². The van der Waals surface area contributed by atoms with Crippen LogP contribution in [-0.2, 0) is 11.2 Å². The molecule has 1 aromatic rings. The first-order valence-corrected chi connectivity index (χ1v) is 5.69. The van der Waals surface area contributed by atoms with Crippen LogP contribution in [0.15, 0.2) is 18.2 Å². The molecule has 1 aromatic carbocycles. The van der Waals surface area contributed by atoms with Gasteiger partial charge < -0.3 is 0 Å². The zero-order valence-electron chi connectivity index (χ0n) is 7.64. The number of ketones is 1. The molecule has 0 radical (unpaired) electrons. The normalized spacial score (nSPS) is 10.7. The Bertz CT molecular complexity index is 368. The Hall–Kier alpha value is -0.480. The van der Waals surface area contributed by atoms with Crippen LogP contribution in [0, 0.1) is 0 Å². The van der Waals surface area contributed by atoms with Crippen molar-refractivity contribution < 1.29 is 13.6 Å². The molecule has 0 aliphatic carbocycles. The molecule has 0 heterocycles. The van der Waals surface area contributed by atoms with Gasteiger partial charge in [0.05, 0.1) is 10.4 Å². The molecular formula is C10H8BrClF2O. The molecule has 1 rings (SSSR count). The third-order valence-corrected chi connectivity index (χ3v) is 2.97. The number of Topliss-reactive ketones (excluding diaryl/α,β-unsaturated/α-hetero) is 1. The standard InChI is InChI=1S/C10H8BrClF2O/c11-5-7(15)4-6-2-1-3-8(9(6)12)10(13)14/h1-3,10H,4-5H2. The number of benzene rings is 1. The van der Waals surface area contributed by atoms with Gasteiger partial charge in [0.25, 0.3) is 6.43 Å². The maximum Gasteiger partial charge on any atom is 0.265 e. The molecule has 0 saturated heterocycles. The summed E-state index contributed by atoms with van der Waals surface area (Å²) in [6, 6.07) is 4.31. The maximum absolute atomic E-state index is 12.4. The summed E-state index contributed by atoms with van der Waals surface area (Å²) in [5.41, 5.74) is 0.218. The number of hydrogen-bond donors (Lipinski definition) is 0. The van der Waals surface area contributed by atoms with Crippen molar-refractivity contribution in [2.24, 2.45) is 0 Å². The van der Waals surface area contributed by atoms with Gasteiger partial charge in [0, 0.05) is 12.0 Å². The topological polar surface area (TPSA) is 17.1 Å². The zero-order valence-corrected chi connectivity index (χ0v) is 9.99. The second kappa shape index (κ2) is 5.56. The fourth-order valence-electron chi connectivity index (χ4n) is 1.16. The summed E-state index contributed by atoms with van der Waals surface area (Å²) in [6.07, 6.45) is -2.54. The minimum atomic E-state index is -2.61. The summed E-state index contributed by atoms with van der Waals surface area (Å²) >= 11 is 8.76. The van der Waals surface area contributed by atoms with E-state index in [9.17, 15) is 13.6 Å². The molecule has 0 unspecified atom stereocenters. The van der Waals surface area contributed by atoms with Crippen LogP contribution in [0.2, 0.25) is 5.02 Å². The van der Waals surface area contributed by atoms with Crippen LogP contribution in [0.5, 0.6) is 0 Å². The predicted molar refractivity (Wildman–Crippen MR) is 58.9 cm³/mol. The van der Waals surface area contributed by atoms with Gasteiger partial charge in [0.2, 0.25) is 0 Å². The molecule has 82 valence electrons. The van der Waals surface area contributed by atoms with Gasteiger partial charge in [-0.15, -0.1) is 0 Å². The lowest BCUT2D eigenvalue weighted by atomic mass is 10.1. The van der Waals surface area contributed by atoms with Crippen molar-refractivity contribution in [3.05, 3.63) is 34.3 Å². The highest BCUT2D eigenvalue weighted by Crippen LogP contribution is 2.29. The SMILES string of the molecule is O=C(CBr)Cc1cccc(C(F)F)c1Cl. The summed E-state index contributed by atoms with van der Waals surface area (Å²) < 4.78 is 24.9. The van der Waals surface area contributed by atoms with E-state index >= 15 is 0 Å². The number of rotatable bonds is 4. The summed E-state index contributed by atoms with van der Waals surface area (Å²) in [5.74, 6) is -0.0942. The molecule has 5 heteroatoms. The van der Waals surface area contributed by atoms with E-state index in [0.29, 0.717) is 5.56 Å². The molecule has 0 aromatic heterocycles. The van der Waals surface area contributed by atoms with Crippen LogP contribution in [0.4, 0.5) is 8.78 Å². The Labute approximate surface area is 99.6 Å². The molecule has 0 aliphatic heterocycles. The first kappa shape index (κ1) is 12.6. The summed E-state index contributed by atoms with van der Waals surface area (Å²) in [6.45, 7) is 0. The Kier molecular flexibility index (Phi) is 4.67. The van der Waals surface area contributed by atoms with E-state index in [-0.39, 0.29) is 28.1 Å². The van der Waals surface area contributed by atoms with Gasteiger partial charge in [0.1, 0.15) is 5.78 Å². The number of alkyl halides is 3. The molecule has 0 saturated carbocycles. The molecule has 1 nitrogen and oxygen atoms in total. The molecule has 0 spiro atoms. The number of hydrogen-bond acceptors (Lipinski definition) is 1. The third kappa shape index (κ3) is 3.24. The number of carbonyl (C=O) groups is 1. The molecule has 0 N–H and O–H groups in total. The Morgan fingerprint density at radius 3 is 2.67 bits per heavy atom. The molecular weight excluding hydrogens is 289 g/mol. The van der Waals surface area contributed by atoms with Crippen molar-refractivity contribution in [1.29, 1.82) is 0 Å². The van der Waals surface area contributed by atoms with Crippen LogP contribution in [0.25, 0.3) is 0 Å². The predicted octanol–water partition coefficient (Wildman–Crippen LogP) is 3.78. The van der Waals surface area contributed by atoms with Gasteiger partial charge in [-0.3, -0.25) is 4.79 Å². The largest absolute Gasteiger partial charge is 0.298 e. The van der Waals surface area contributed by atoms with Crippen LogP contribution in [0.1, 0.15) is 17.6 Å². The second-order valence-electron chi connectivity index (χ2n) is 2.97. The van der Waals surface area contributed by atoms with Crippen LogP contribution in [-0.4, -0.2) is 11.1 Å². The molecule has 0 amide bonds. The quantitative estimate of drug-likeness (QED) is 0.773. The van der Waals surface area contributed by atoms with Crippen LogP contribution < -0.4 is 0 Å². The van der Waals surface area contributed by atoms with Crippen molar-refractivity contribution in [3.8, 4) is 0 Å². The molecule has 0 atom stereocenters. The van der Waals surface area contributed by atoms with Crippen molar-refractivity contribution in [3.63, 3.8) is 0 Å². The molecule has 0 fully saturated rings. The summed E-state index contributed by atoms with van der Waals surface area (Å²) in [4.78, 5) is 11.1. The van der Waals surface area contributed by atoms with Gasteiger partial charge in [-0.05, 0) is 5.56 Å². The average Bonchev–Trinajstić information content (AvgIpc) is 2.20. The van der Waals surface area contributed by atoms with E-state index in [0.717, 1.165) is 0 Å². The molecule has 0 bridgehead atoms. The van der Waals surface area contributed by atoms with E-state index < -0.39 is 6.43 Å². The zero-order chi connectivity index (χ0) is 11.4. The minimum absolute atomic E-state index is 0.0122. The van der Waals surface area contributed by atoms with Crippen LogP contribution >= 0.6 is 27.5 Å². The average molecular weight is 298 g/mol. The highest BCUT2D eigenvalue weighted by atomic mass is 79.9. The van der Waals surface area contributed by atoms with E-state index in [1.165, 1.54) is 12.1 Å². The maximum atomic E-state index is 12.4. The highest BCUT2D eigenvalue weighted by molar-refractivity contribution is 9.09. The first-order valence-electron chi connectivity index (χ1n) is 4.19. The van der Waals surface area contributed by atoms with Crippen molar-refractivity contribution >= 4 is 33.3 Å². The van der Waals surface area contributed by atoms with E-state index in [1.807, 2.05) is 0 Å². The lowest BCUT2D eigenvalue weighted by molar-refractivity contribution is -0.115. The van der Waals surface area contributed by atoms with Crippen molar-refractivity contribution in [1.82, 2.24) is 0 Å². The summed E-state index contributed by atoms with van der Waals surface area (Å²) in [5, 5.41) is 0.184. The second-order valence-corrected chi connectivity index (χ2v) is 3.91. The van der Waals surface area contributed by atoms with Gasteiger partial charge in [-0.25, -0.2) is 8.78 Å². The van der Waals surface area contributed by atoms with Crippen molar-refractivity contribution in [2.45, 2.75) is 12.8 Å². The number of halogens is 4. The molecule has 15 heavy (non-hydrogen) atoms. The lowest BCUT2D eigenvalue weighted by Crippen LogP contribution is -2.04. The summed E-state index contributed by atoms with van der Waals surface area (Å²) in [7, 11) is 0. The fourth-order valence-corrected chi connectivity index (χ4v) is 1.64. The first-order chi connectivity index (χ1) is 7.06. The van der Waals surface area contributed by atoms with E-state index in [4.69, 9.17) is 11.6 Å². The fraction of sp³-hybridized carbons (Fsp3) is 0.300. The highest BCUT2D eigenvalue weighted by Gasteiger charge is 2.15. The van der Waals surface area contributed by atoms with Gasteiger partial charge in [-0.1, -0.05) is 45.7 Å². The van der Waals surface area contributed by atoms with Gasteiger partial charge >= 0.3 is 0 Å². The Morgan fingerprint density at radius 1 is 1.47 bits per heavy atom. The van der Waals surface area contributed by atoms with E-state index in [2.05, 4.69) is 15.9 Å². The smallest absolute Gasteiger partial charge is 0.265 e. The van der Waals surface area contributed by atoms with Gasteiger partial charge in [-0.2, -0.15) is 0 Å².